The smallest absolute Gasteiger partial charge is 0.243 e. The van der Waals surface area contributed by atoms with Crippen LogP contribution in [0.1, 0.15) is 44.1 Å². The Morgan fingerprint density at radius 1 is 1.25 bits per heavy atom. The Morgan fingerprint density at radius 2 is 2.04 bits per heavy atom. The number of methoxy groups -OCH3 is 1. The van der Waals surface area contributed by atoms with Gasteiger partial charge < -0.3 is 10.1 Å². The highest BCUT2D eigenvalue weighted by Crippen LogP contribution is 2.29. The molecule has 2 fully saturated rings. The first-order valence-electron chi connectivity index (χ1n) is 9.91. The normalized spacial score (nSPS) is 26.8. The van der Waals surface area contributed by atoms with Crippen molar-refractivity contribution in [3.8, 4) is 0 Å². The number of hydrogen-bond acceptors (Lipinski definition) is 4. The van der Waals surface area contributed by atoms with Crippen LogP contribution < -0.4 is 5.32 Å². The van der Waals surface area contributed by atoms with Gasteiger partial charge >= 0.3 is 0 Å². The van der Waals surface area contributed by atoms with E-state index in [0.717, 1.165) is 38.5 Å². The molecule has 0 bridgehead atoms. The first-order chi connectivity index (χ1) is 13.3. The summed E-state index contributed by atoms with van der Waals surface area (Å²) in [6, 6.07) is 4.76. The lowest BCUT2D eigenvalue weighted by molar-refractivity contribution is -0.128. The number of halogens is 1. The van der Waals surface area contributed by atoms with Crippen LogP contribution in [0.5, 0.6) is 0 Å². The van der Waals surface area contributed by atoms with Gasteiger partial charge in [0.15, 0.2) is 0 Å². The van der Waals surface area contributed by atoms with Gasteiger partial charge in [0.25, 0.3) is 0 Å². The summed E-state index contributed by atoms with van der Waals surface area (Å²) in [7, 11) is -1.96. The van der Waals surface area contributed by atoms with E-state index in [4.69, 9.17) is 16.3 Å². The fourth-order valence-corrected chi connectivity index (χ4v) is 6.20. The quantitative estimate of drug-likeness (QED) is 0.781. The number of ether oxygens (including phenoxy) is 1. The SMILES string of the molecule is CO[C@@H]1CCC[C@@H](C(=O)N[C@H]2CCCN(S(=O)(=O)c3cccc(Cl)c3C)C2)C1. The highest BCUT2D eigenvalue weighted by Gasteiger charge is 2.34. The van der Waals surface area contributed by atoms with Gasteiger partial charge in [0.05, 0.1) is 11.0 Å². The fraction of sp³-hybridized carbons (Fsp3) is 0.650. The average Bonchev–Trinajstić information content (AvgIpc) is 2.70. The van der Waals surface area contributed by atoms with E-state index < -0.39 is 10.0 Å². The van der Waals surface area contributed by atoms with E-state index in [1.165, 1.54) is 4.31 Å². The number of benzene rings is 1. The molecule has 3 rings (SSSR count). The number of carbonyl (C=O) groups excluding carboxylic acids is 1. The molecule has 28 heavy (non-hydrogen) atoms. The van der Waals surface area contributed by atoms with E-state index in [1.54, 1.807) is 32.2 Å². The van der Waals surface area contributed by atoms with Gasteiger partial charge in [0, 0.05) is 37.2 Å². The highest BCUT2D eigenvalue weighted by molar-refractivity contribution is 7.89. The van der Waals surface area contributed by atoms with Gasteiger partial charge in [-0.05, 0) is 56.7 Å². The topological polar surface area (TPSA) is 75.7 Å². The summed E-state index contributed by atoms with van der Waals surface area (Å²) in [5.41, 5.74) is 0.558. The zero-order valence-electron chi connectivity index (χ0n) is 16.5. The van der Waals surface area contributed by atoms with Gasteiger partial charge in [-0.2, -0.15) is 4.31 Å². The van der Waals surface area contributed by atoms with Crippen molar-refractivity contribution in [1.29, 1.82) is 0 Å². The summed E-state index contributed by atoms with van der Waals surface area (Å²) in [5.74, 6) is -0.0363. The van der Waals surface area contributed by atoms with E-state index in [2.05, 4.69) is 5.32 Å². The number of nitrogens with zero attached hydrogens (tertiary/aromatic N) is 1. The standard InChI is InChI=1S/C20H29ClN2O4S/c1-14-18(21)9-4-10-19(14)28(25,26)23-11-5-7-16(13-23)22-20(24)15-6-3-8-17(12-15)27-2/h4,9-10,15-17H,3,5-8,11-13H2,1-2H3,(H,22,24)/t15-,16+,17-/m1/s1. The Hall–Kier alpha value is -1.15. The second-order valence-corrected chi connectivity index (χ2v) is 10.1. The number of sulfonamides is 1. The largest absolute Gasteiger partial charge is 0.381 e. The van der Waals surface area contributed by atoms with E-state index >= 15 is 0 Å². The minimum atomic E-state index is -3.64. The molecule has 1 aliphatic heterocycles. The summed E-state index contributed by atoms with van der Waals surface area (Å²) >= 11 is 6.12. The molecule has 6 nitrogen and oxygen atoms in total. The number of rotatable bonds is 5. The van der Waals surface area contributed by atoms with E-state index in [-0.39, 0.29) is 28.9 Å². The first kappa shape index (κ1) is 21.6. The van der Waals surface area contributed by atoms with E-state index in [9.17, 15) is 13.2 Å². The monoisotopic (exact) mass is 428 g/mol. The van der Waals surface area contributed by atoms with Crippen LogP contribution in [0.15, 0.2) is 23.1 Å². The summed E-state index contributed by atoms with van der Waals surface area (Å²) in [6.45, 7) is 2.46. The van der Waals surface area contributed by atoms with Gasteiger partial charge in [-0.15, -0.1) is 0 Å². The molecule has 2 aliphatic rings. The minimum absolute atomic E-state index is 0.0185. The lowest BCUT2D eigenvalue weighted by atomic mass is 9.86. The maximum absolute atomic E-state index is 13.1. The van der Waals surface area contributed by atoms with Crippen LogP contribution >= 0.6 is 11.6 Å². The summed E-state index contributed by atoms with van der Waals surface area (Å²) in [6.07, 6.45) is 5.21. The Balaban J connectivity index is 1.67. The van der Waals surface area contributed by atoms with Crippen molar-refractivity contribution in [2.75, 3.05) is 20.2 Å². The molecule has 3 atom stereocenters. The molecule has 1 aliphatic carbocycles. The van der Waals surface area contributed by atoms with Crippen molar-refractivity contribution >= 4 is 27.5 Å². The molecule has 1 aromatic rings. The molecule has 1 N–H and O–H groups in total. The van der Waals surface area contributed by atoms with Crippen LogP contribution in [0.25, 0.3) is 0 Å². The van der Waals surface area contributed by atoms with Gasteiger partial charge in [-0.3, -0.25) is 4.79 Å². The van der Waals surface area contributed by atoms with Crippen molar-refractivity contribution in [2.45, 2.75) is 62.5 Å². The third-order valence-corrected chi connectivity index (χ3v) is 8.32. The average molecular weight is 429 g/mol. The predicted octanol–water partition coefficient (Wildman–Crippen LogP) is 3.12. The molecule has 1 saturated carbocycles. The van der Waals surface area contributed by atoms with Crippen molar-refractivity contribution in [2.24, 2.45) is 5.92 Å². The van der Waals surface area contributed by atoms with Gasteiger partial charge in [-0.1, -0.05) is 24.1 Å². The number of piperidine rings is 1. The van der Waals surface area contributed by atoms with Crippen LogP contribution in [0.3, 0.4) is 0 Å². The van der Waals surface area contributed by atoms with Crippen molar-refractivity contribution in [1.82, 2.24) is 9.62 Å². The van der Waals surface area contributed by atoms with Crippen molar-refractivity contribution in [3.63, 3.8) is 0 Å². The molecule has 0 radical (unpaired) electrons. The van der Waals surface area contributed by atoms with Crippen LogP contribution in [-0.4, -0.2) is 51.0 Å². The van der Waals surface area contributed by atoms with E-state index in [0.29, 0.717) is 23.7 Å². The molecular formula is C20H29ClN2O4S. The maximum Gasteiger partial charge on any atom is 0.243 e. The van der Waals surface area contributed by atoms with Crippen molar-refractivity contribution < 1.29 is 17.9 Å². The van der Waals surface area contributed by atoms with Crippen LogP contribution in [0, 0.1) is 12.8 Å². The summed E-state index contributed by atoms with van der Waals surface area (Å²) in [5, 5.41) is 3.52. The number of carbonyl (C=O) groups is 1. The molecule has 1 heterocycles. The third kappa shape index (κ3) is 4.70. The van der Waals surface area contributed by atoms with Gasteiger partial charge in [-0.25, -0.2) is 8.42 Å². The second kappa shape index (κ2) is 9.11. The molecule has 1 aromatic carbocycles. The Kier molecular flexibility index (Phi) is 7.02. The Bertz CT molecular complexity index is 814. The van der Waals surface area contributed by atoms with Gasteiger partial charge in [0.1, 0.15) is 0 Å². The number of amides is 1. The maximum atomic E-state index is 13.1. The highest BCUT2D eigenvalue weighted by atomic mass is 35.5. The summed E-state index contributed by atoms with van der Waals surface area (Å²) in [4.78, 5) is 12.9. The van der Waals surface area contributed by atoms with Crippen LogP contribution in [-0.2, 0) is 19.6 Å². The number of hydrogen-bond donors (Lipinski definition) is 1. The molecular weight excluding hydrogens is 400 g/mol. The van der Waals surface area contributed by atoms with Crippen LogP contribution in [0.4, 0.5) is 0 Å². The second-order valence-electron chi connectivity index (χ2n) is 7.80. The fourth-order valence-electron chi connectivity index (χ4n) is 4.20. The first-order valence-corrected chi connectivity index (χ1v) is 11.7. The van der Waals surface area contributed by atoms with Crippen molar-refractivity contribution in [3.05, 3.63) is 28.8 Å². The minimum Gasteiger partial charge on any atom is -0.381 e. The Labute approximate surface area is 172 Å². The molecule has 8 heteroatoms. The zero-order chi connectivity index (χ0) is 20.3. The molecule has 156 valence electrons. The molecule has 0 unspecified atom stereocenters. The molecule has 1 saturated heterocycles. The lowest BCUT2D eigenvalue weighted by Gasteiger charge is -2.34. The molecule has 0 aromatic heterocycles. The summed E-state index contributed by atoms with van der Waals surface area (Å²) < 4.78 is 33.1. The lowest BCUT2D eigenvalue weighted by Crippen LogP contribution is -2.51. The molecule has 1 amide bonds. The Morgan fingerprint density at radius 3 is 2.79 bits per heavy atom. The van der Waals surface area contributed by atoms with E-state index in [1.807, 2.05) is 0 Å². The zero-order valence-corrected chi connectivity index (χ0v) is 18.1. The molecule has 0 spiro atoms. The third-order valence-electron chi connectivity index (χ3n) is 5.90. The predicted molar refractivity (Wildman–Crippen MR) is 109 cm³/mol. The number of nitrogens with one attached hydrogen (secondary N) is 1. The van der Waals surface area contributed by atoms with Crippen LogP contribution in [0.2, 0.25) is 5.02 Å². The van der Waals surface area contributed by atoms with Gasteiger partial charge in [0.2, 0.25) is 15.9 Å².